The summed E-state index contributed by atoms with van der Waals surface area (Å²) in [4.78, 5) is 23.0. The highest BCUT2D eigenvalue weighted by Crippen LogP contribution is 2.22. The Kier molecular flexibility index (Phi) is 5.41. The van der Waals surface area contributed by atoms with E-state index in [-0.39, 0.29) is 6.54 Å². The van der Waals surface area contributed by atoms with Crippen LogP contribution < -0.4 is 5.32 Å². The topological polar surface area (TPSA) is 88.8 Å². The summed E-state index contributed by atoms with van der Waals surface area (Å²) in [5.74, 6) is -0.263. The number of furan rings is 1. The highest BCUT2D eigenvalue weighted by molar-refractivity contribution is 5.86. The van der Waals surface area contributed by atoms with Gasteiger partial charge in [-0.05, 0) is 31.5 Å². The first-order valence-corrected chi connectivity index (χ1v) is 7.59. The zero-order chi connectivity index (χ0) is 17.7. The van der Waals surface area contributed by atoms with E-state index in [0.717, 1.165) is 11.3 Å². The first-order chi connectivity index (χ1) is 11.3. The van der Waals surface area contributed by atoms with E-state index in [9.17, 15) is 14.7 Å². The van der Waals surface area contributed by atoms with Crippen molar-refractivity contribution < 1.29 is 23.8 Å². The Hall–Kier alpha value is -2.60. The number of hydrogen-bond donors (Lipinski definition) is 2. The minimum Gasteiger partial charge on any atom is -0.464 e. The third-order valence-corrected chi connectivity index (χ3v) is 3.50. The lowest BCUT2D eigenvalue weighted by Gasteiger charge is -2.24. The van der Waals surface area contributed by atoms with Crippen LogP contribution >= 0.6 is 0 Å². The Morgan fingerprint density at radius 1 is 1.25 bits per heavy atom. The van der Waals surface area contributed by atoms with Crippen molar-refractivity contribution in [1.82, 2.24) is 5.32 Å². The number of carbonyl (C=O) groups is 2. The fourth-order valence-electron chi connectivity index (χ4n) is 2.24. The van der Waals surface area contributed by atoms with Gasteiger partial charge in [-0.15, -0.1) is 0 Å². The molecule has 0 spiro atoms. The Labute approximate surface area is 140 Å². The van der Waals surface area contributed by atoms with E-state index in [1.807, 2.05) is 18.2 Å². The standard InChI is InChI=1S/C18H21NO5/c1-12(20)24-18(2,3)17(22)19-11-15(21)13-6-8-14(9-7-13)16-5-4-10-23-16/h4-10,15,21H,11H2,1-3H3,(H,19,22)/t15-/m0/s1. The SMILES string of the molecule is CC(=O)OC(C)(C)C(=O)NC[C@H](O)c1ccc(-c2ccco2)cc1. The van der Waals surface area contributed by atoms with Gasteiger partial charge in [-0.25, -0.2) is 0 Å². The molecule has 0 aliphatic carbocycles. The molecule has 24 heavy (non-hydrogen) atoms. The second-order valence-electron chi connectivity index (χ2n) is 5.93. The predicted molar refractivity (Wildman–Crippen MR) is 88.0 cm³/mol. The van der Waals surface area contributed by atoms with Crippen molar-refractivity contribution >= 4 is 11.9 Å². The summed E-state index contributed by atoms with van der Waals surface area (Å²) in [6.45, 7) is 4.25. The summed E-state index contributed by atoms with van der Waals surface area (Å²) < 4.78 is 10.3. The number of ether oxygens (including phenoxy) is 1. The lowest BCUT2D eigenvalue weighted by molar-refractivity contribution is -0.163. The Morgan fingerprint density at radius 2 is 1.92 bits per heavy atom. The average Bonchev–Trinajstić information content (AvgIpc) is 3.05. The molecule has 0 aliphatic heterocycles. The molecule has 0 radical (unpaired) electrons. The van der Waals surface area contributed by atoms with E-state index in [1.165, 1.54) is 20.8 Å². The van der Waals surface area contributed by atoms with Crippen LogP contribution in [-0.4, -0.2) is 29.1 Å². The van der Waals surface area contributed by atoms with E-state index in [4.69, 9.17) is 9.15 Å². The number of hydrogen-bond acceptors (Lipinski definition) is 5. The Bertz CT molecular complexity index is 689. The van der Waals surface area contributed by atoms with Crippen molar-refractivity contribution in [3.8, 4) is 11.3 Å². The molecule has 0 saturated heterocycles. The summed E-state index contributed by atoms with van der Waals surface area (Å²) >= 11 is 0. The van der Waals surface area contributed by atoms with E-state index in [1.54, 1.807) is 24.5 Å². The molecule has 0 aliphatic rings. The molecule has 2 N–H and O–H groups in total. The number of esters is 1. The highest BCUT2D eigenvalue weighted by Gasteiger charge is 2.31. The molecule has 0 fully saturated rings. The van der Waals surface area contributed by atoms with E-state index in [0.29, 0.717) is 5.56 Å². The van der Waals surface area contributed by atoms with Crippen molar-refractivity contribution in [2.75, 3.05) is 6.54 Å². The van der Waals surface area contributed by atoms with Crippen molar-refractivity contribution in [2.24, 2.45) is 0 Å². The molecule has 0 saturated carbocycles. The van der Waals surface area contributed by atoms with Crippen molar-refractivity contribution in [3.05, 3.63) is 48.2 Å². The number of aliphatic hydroxyl groups is 1. The van der Waals surface area contributed by atoms with E-state index >= 15 is 0 Å². The largest absolute Gasteiger partial charge is 0.464 e. The summed E-state index contributed by atoms with van der Waals surface area (Å²) in [7, 11) is 0. The monoisotopic (exact) mass is 331 g/mol. The lowest BCUT2D eigenvalue weighted by atomic mass is 10.0. The number of amides is 1. The van der Waals surface area contributed by atoms with Crippen LogP contribution in [0.1, 0.15) is 32.4 Å². The van der Waals surface area contributed by atoms with Crippen molar-refractivity contribution in [1.29, 1.82) is 0 Å². The van der Waals surface area contributed by atoms with Crippen LogP contribution in [0.5, 0.6) is 0 Å². The zero-order valence-corrected chi connectivity index (χ0v) is 13.9. The smallest absolute Gasteiger partial charge is 0.303 e. The van der Waals surface area contributed by atoms with Crippen LogP contribution in [0.3, 0.4) is 0 Å². The lowest BCUT2D eigenvalue weighted by Crippen LogP contribution is -2.46. The molecule has 2 rings (SSSR count). The number of nitrogens with one attached hydrogen (secondary N) is 1. The van der Waals surface area contributed by atoms with Gasteiger partial charge in [0.15, 0.2) is 5.60 Å². The van der Waals surface area contributed by atoms with Crippen molar-refractivity contribution in [2.45, 2.75) is 32.5 Å². The molecule has 1 aromatic carbocycles. The van der Waals surface area contributed by atoms with Crippen LogP contribution in [0.4, 0.5) is 0 Å². The number of rotatable bonds is 6. The van der Waals surface area contributed by atoms with Gasteiger partial charge in [-0.1, -0.05) is 24.3 Å². The van der Waals surface area contributed by atoms with Crippen LogP contribution in [0, 0.1) is 0 Å². The highest BCUT2D eigenvalue weighted by atomic mass is 16.6. The van der Waals surface area contributed by atoms with Gasteiger partial charge < -0.3 is 19.6 Å². The molecule has 1 atom stereocenters. The first-order valence-electron chi connectivity index (χ1n) is 7.59. The van der Waals surface area contributed by atoms with Crippen LogP contribution in [0.15, 0.2) is 47.1 Å². The van der Waals surface area contributed by atoms with Gasteiger partial charge in [0.05, 0.1) is 12.4 Å². The second kappa shape index (κ2) is 7.31. The molecule has 128 valence electrons. The number of carbonyl (C=O) groups excluding carboxylic acids is 2. The predicted octanol–water partition coefficient (Wildman–Crippen LogP) is 2.44. The molecule has 6 nitrogen and oxygen atoms in total. The van der Waals surface area contributed by atoms with Crippen LogP contribution in [-0.2, 0) is 14.3 Å². The van der Waals surface area contributed by atoms with Gasteiger partial charge in [0, 0.05) is 19.0 Å². The zero-order valence-electron chi connectivity index (χ0n) is 13.9. The summed E-state index contributed by atoms with van der Waals surface area (Å²) in [6.07, 6.45) is 0.728. The second-order valence-corrected chi connectivity index (χ2v) is 5.93. The molecule has 1 aromatic heterocycles. The quantitative estimate of drug-likeness (QED) is 0.794. The minimum atomic E-state index is -1.28. The molecular weight excluding hydrogens is 310 g/mol. The molecule has 2 aromatic rings. The maximum Gasteiger partial charge on any atom is 0.303 e. The third kappa shape index (κ3) is 4.45. The van der Waals surface area contributed by atoms with E-state index < -0.39 is 23.6 Å². The van der Waals surface area contributed by atoms with Gasteiger partial charge in [-0.2, -0.15) is 0 Å². The molecule has 6 heteroatoms. The molecular formula is C18H21NO5. The van der Waals surface area contributed by atoms with Crippen LogP contribution in [0.2, 0.25) is 0 Å². The first kappa shape index (κ1) is 17.7. The third-order valence-electron chi connectivity index (χ3n) is 3.50. The Morgan fingerprint density at radius 3 is 2.46 bits per heavy atom. The van der Waals surface area contributed by atoms with Gasteiger partial charge >= 0.3 is 5.97 Å². The fourth-order valence-corrected chi connectivity index (χ4v) is 2.24. The average molecular weight is 331 g/mol. The fraction of sp³-hybridized carbons (Fsp3) is 0.333. The van der Waals surface area contributed by atoms with E-state index in [2.05, 4.69) is 5.32 Å². The maximum absolute atomic E-state index is 12.0. The Balaban J connectivity index is 1.94. The molecule has 1 amide bonds. The van der Waals surface area contributed by atoms with Crippen LogP contribution in [0.25, 0.3) is 11.3 Å². The molecule has 0 unspecified atom stereocenters. The number of benzene rings is 1. The number of aliphatic hydroxyl groups excluding tert-OH is 1. The van der Waals surface area contributed by atoms with Crippen molar-refractivity contribution in [3.63, 3.8) is 0 Å². The van der Waals surface area contributed by atoms with Gasteiger partial charge in [0.25, 0.3) is 5.91 Å². The van der Waals surface area contributed by atoms with Gasteiger partial charge in [-0.3, -0.25) is 9.59 Å². The molecule has 1 heterocycles. The van der Waals surface area contributed by atoms with Gasteiger partial charge in [0.2, 0.25) is 0 Å². The summed E-state index contributed by atoms with van der Waals surface area (Å²) in [6, 6.07) is 10.9. The summed E-state index contributed by atoms with van der Waals surface area (Å²) in [5, 5.41) is 12.8. The summed E-state index contributed by atoms with van der Waals surface area (Å²) in [5.41, 5.74) is 0.279. The molecule has 0 bridgehead atoms. The maximum atomic E-state index is 12.0. The minimum absolute atomic E-state index is 0.0175. The normalized spacial score (nSPS) is 12.5. The van der Waals surface area contributed by atoms with Gasteiger partial charge in [0.1, 0.15) is 5.76 Å².